The van der Waals surface area contributed by atoms with Gasteiger partial charge >= 0.3 is 0 Å². The standard InChI is InChI=1S/C25H29NO2.ClH/c1-4-27-25-16-22(17-26-20(3)23-8-6-5-7-9-23)14-15-24(25)28-18-21-12-10-19(2)11-13-21;/h5-16,20,26H,4,17-18H2,1-3H3;1H. The molecule has 0 spiro atoms. The van der Waals surface area contributed by atoms with Gasteiger partial charge in [-0.1, -0.05) is 66.2 Å². The van der Waals surface area contributed by atoms with E-state index in [1.807, 2.05) is 19.1 Å². The molecule has 3 aromatic rings. The third kappa shape index (κ3) is 6.81. The van der Waals surface area contributed by atoms with Crippen LogP contribution in [-0.4, -0.2) is 6.61 Å². The molecule has 0 aliphatic rings. The molecule has 0 saturated heterocycles. The van der Waals surface area contributed by atoms with Gasteiger partial charge in [0.15, 0.2) is 11.5 Å². The van der Waals surface area contributed by atoms with E-state index in [4.69, 9.17) is 9.47 Å². The smallest absolute Gasteiger partial charge is 0.161 e. The van der Waals surface area contributed by atoms with Crippen LogP contribution >= 0.6 is 12.4 Å². The Bertz CT molecular complexity index is 866. The van der Waals surface area contributed by atoms with Crippen LogP contribution in [0.1, 0.15) is 42.1 Å². The molecule has 29 heavy (non-hydrogen) atoms. The molecular formula is C25H30ClNO2. The first-order chi connectivity index (χ1) is 13.7. The van der Waals surface area contributed by atoms with Crippen molar-refractivity contribution in [3.8, 4) is 11.5 Å². The minimum Gasteiger partial charge on any atom is -0.490 e. The number of hydrogen-bond donors (Lipinski definition) is 1. The zero-order valence-electron chi connectivity index (χ0n) is 17.4. The third-order valence-corrected chi connectivity index (χ3v) is 4.73. The van der Waals surface area contributed by atoms with Gasteiger partial charge in [0.05, 0.1) is 6.61 Å². The lowest BCUT2D eigenvalue weighted by atomic mass is 10.1. The number of benzene rings is 3. The second kappa shape index (κ2) is 11.5. The van der Waals surface area contributed by atoms with Gasteiger partial charge in [0.1, 0.15) is 6.61 Å². The maximum atomic E-state index is 6.02. The van der Waals surface area contributed by atoms with Gasteiger partial charge in [-0.2, -0.15) is 0 Å². The van der Waals surface area contributed by atoms with Gasteiger partial charge in [-0.25, -0.2) is 0 Å². The van der Waals surface area contributed by atoms with Crippen LogP contribution in [0.2, 0.25) is 0 Å². The molecule has 0 bridgehead atoms. The van der Waals surface area contributed by atoms with Crippen molar-refractivity contribution in [3.05, 3.63) is 95.1 Å². The summed E-state index contributed by atoms with van der Waals surface area (Å²) < 4.78 is 11.8. The molecule has 0 aliphatic heterocycles. The Labute approximate surface area is 180 Å². The predicted octanol–water partition coefficient (Wildman–Crippen LogP) is 6.25. The maximum Gasteiger partial charge on any atom is 0.161 e. The normalized spacial score (nSPS) is 11.4. The van der Waals surface area contributed by atoms with Gasteiger partial charge in [0.2, 0.25) is 0 Å². The molecule has 1 unspecified atom stereocenters. The number of rotatable bonds is 9. The topological polar surface area (TPSA) is 30.5 Å². The minimum atomic E-state index is 0. The van der Waals surface area contributed by atoms with E-state index in [-0.39, 0.29) is 18.4 Å². The molecule has 0 amide bonds. The lowest BCUT2D eigenvalue weighted by Crippen LogP contribution is -2.18. The Morgan fingerprint density at radius 1 is 0.828 bits per heavy atom. The van der Waals surface area contributed by atoms with Crippen LogP contribution in [0.3, 0.4) is 0 Å². The van der Waals surface area contributed by atoms with E-state index in [0.29, 0.717) is 13.2 Å². The number of nitrogens with one attached hydrogen (secondary N) is 1. The summed E-state index contributed by atoms with van der Waals surface area (Å²) in [6.45, 7) is 8.17. The number of ether oxygens (including phenoxy) is 2. The highest BCUT2D eigenvalue weighted by Crippen LogP contribution is 2.29. The summed E-state index contributed by atoms with van der Waals surface area (Å²) in [6, 6.07) is 25.3. The van der Waals surface area contributed by atoms with Crippen molar-refractivity contribution in [3.63, 3.8) is 0 Å². The molecule has 0 radical (unpaired) electrons. The van der Waals surface area contributed by atoms with E-state index in [0.717, 1.165) is 23.6 Å². The first-order valence-electron chi connectivity index (χ1n) is 9.88. The van der Waals surface area contributed by atoms with Crippen LogP contribution in [0.4, 0.5) is 0 Å². The first-order valence-corrected chi connectivity index (χ1v) is 9.88. The fourth-order valence-corrected chi connectivity index (χ4v) is 3.03. The van der Waals surface area contributed by atoms with E-state index in [9.17, 15) is 0 Å². The van der Waals surface area contributed by atoms with Crippen LogP contribution in [0.15, 0.2) is 72.8 Å². The second-order valence-electron chi connectivity index (χ2n) is 7.00. The fraction of sp³-hybridized carbons (Fsp3) is 0.280. The molecule has 0 heterocycles. The summed E-state index contributed by atoms with van der Waals surface area (Å²) in [5, 5.41) is 3.57. The Morgan fingerprint density at radius 2 is 1.52 bits per heavy atom. The molecule has 154 valence electrons. The highest BCUT2D eigenvalue weighted by Gasteiger charge is 2.09. The highest BCUT2D eigenvalue weighted by molar-refractivity contribution is 5.85. The van der Waals surface area contributed by atoms with Crippen molar-refractivity contribution in [1.29, 1.82) is 0 Å². The van der Waals surface area contributed by atoms with E-state index in [1.165, 1.54) is 16.7 Å². The van der Waals surface area contributed by atoms with E-state index in [1.54, 1.807) is 0 Å². The van der Waals surface area contributed by atoms with Gasteiger partial charge in [0, 0.05) is 12.6 Å². The molecule has 3 nitrogen and oxygen atoms in total. The molecule has 1 atom stereocenters. The van der Waals surface area contributed by atoms with Crippen LogP contribution in [0.25, 0.3) is 0 Å². The summed E-state index contributed by atoms with van der Waals surface area (Å²) in [5.74, 6) is 1.57. The largest absolute Gasteiger partial charge is 0.490 e. The van der Waals surface area contributed by atoms with Crippen LogP contribution in [0, 0.1) is 6.92 Å². The maximum absolute atomic E-state index is 6.02. The minimum absolute atomic E-state index is 0. The fourth-order valence-electron chi connectivity index (χ4n) is 3.03. The predicted molar refractivity (Wildman–Crippen MR) is 122 cm³/mol. The Morgan fingerprint density at radius 3 is 2.21 bits per heavy atom. The van der Waals surface area contributed by atoms with Crippen molar-refractivity contribution >= 4 is 12.4 Å². The van der Waals surface area contributed by atoms with Crippen molar-refractivity contribution < 1.29 is 9.47 Å². The molecule has 3 aromatic carbocycles. The molecule has 4 heteroatoms. The van der Waals surface area contributed by atoms with Gasteiger partial charge in [0.25, 0.3) is 0 Å². The molecule has 0 fully saturated rings. The second-order valence-corrected chi connectivity index (χ2v) is 7.00. The van der Waals surface area contributed by atoms with Gasteiger partial charge in [-0.15, -0.1) is 12.4 Å². The number of halogens is 1. The van der Waals surface area contributed by atoms with E-state index >= 15 is 0 Å². The molecule has 1 N–H and O–H groups in total. The number of hydrogen-bond acceptors (Lipinski definition) is 3. The van der Waals surface area contributed by atoms with Crippen LogP contribution in [-0.2, 0) is 13.2 Å². The average molecular weight is 412 g/mol. The van der Waals surface area contributed by atoms with Crippen molar-refractivity contribution in [2.24, 2.45) is 0 Å². The average Bonchev–Trinajstić information content (AvgIpc) is 2.73. The summed E-state index contributed by atoms with van der Waals surface area (Å²) in [5.41, 5.74) is 4.86. The molecule has 3 rings (SSSR count). The van der Waals surface area contributed by atoms with Gasteiger partial charge in [-0.3, -0.25) is 0 Å². The first kappa shape index (κ1) is 22.8. The lowest BCUT2D eigenvalue weighted by molar-refractivity contribution is 0.269. The molecular weight excluding hydrogens is 382 g/mol. The van der Waals surface area contributed by atoms with Gasteiger partial charge < -0.3 is 14.8 Å². The Balaban J connectivity index is 0.00000300. The van der Waals surface area contributed by atoms with Gasteiger partial charge in [-0.05, 0) is 49.6 Å². The van der Waals surface area contributed by atoms with Crippen LogP contribution in [0.5, 0.6) is 11.5 Å². The highest BCUT2D eigenvalue weighted by atomic mass is 35.5. The van der Waals surface area contributed by atoms with Crippen molar-refractivity contribution in [1.82, 2.24) is 5.32 Å². The van der Waals surface area contributed by atoms with E-state index in [2.05, 4.69) is 79.8 Å². The molecule has 0 aliphatic carbocycles. The molecule has 0 aromatic heterocycles. The SMILES string of the molecule is CCOc1cc(CNC(C)c2ccccc2)ccc1OCc1ccc(C)cc1.Cl. The lowest BCUT2D eigenvalue weighted by Gasteiger charge is -2.16. The monoisotopic (exact) mass is 411 g/mol. The van der Waals surface area contributed by atoms with Crippen molar-refractivity contribution in [2.45, 2.75) is 40.0 Å². The number of aryl methyl sites for hydroxylation is 1. The van der Waals surface area contributed by atoms with E-state index < -0.39 is 0 Å². The summed E-state index contributed by atoms with van der Waals surface area (Å²) in [4.78, 5) is 0. The summed E-state index contributed by atoms with van der Waals surface area (Å²) in [7, 11) is 0. The molecule has 0 saturated carbocycles. The zero-order chi connectivity index (χ0) is 19.8. The van der Waals surface area contributed by atoms with Crippen LogP contribution < -0.4 is 14.8 Å². The quantitative estimate of drug-likeness (QED) is 0.451. The third-order valence-electron chi connectivity index (χ3n) is 4.73. The van der Waals surface area contributed by atoms with Crippen molar-refractivity contribution in [2.75, 3.05) is 6.61 Å². The summed E-state index contributed by atoms with van der Waals surface area (Å²) in [6.07, 6.45) is 0. The zero-order valence-corrected chi connectivity index (χ0v) is 18.2. The Hall–Kier alpha value is -2.49. The summed E-state index contributed by atoms with van der Waals surface area (Å²) >= 11 is 0. The Kier molecular flexibility index (Phi) is 9.04.